The van der Waals surface area contributed by atoms with E-state index in [9.17, 15) is 9.59 Å². The van der Waals surface area contributed by atoms with Gasteiger partial charge in [0, 0.05) is 24.0 Å². The maximum atomic E-state index is 14.0. The average molecular weight is 526 g/mol. The zero-order valence-corrected chi connectivity index (χ0v) is 22.1. The van der Waals surface area contributed by atoms with Gasteiger partial charge in [-0.1, -0.05) is 25.3 Å². The van der Waals surface area contributed by atoms with E-state index in [2.05, 4.69) is 10.2 Å². The number of nitrogens with zero attached hydrogens (tertiary/aromatic N) is 2. The molecular weight excluding hydrogens is 490 g/mol. The lowest BCUT2D eigenvalue weighted by Crippen LogP contribution is -2.46. The monoisotopic (exact) mass is 525 g/mol. The molecule has 0 aromatic carbocycles. The highest BCUT2D eigenvalue weighted by Crippen LogP contribution is 2.30. The topological polar surface area (TPSA) is 88.2 Å². The molecule has 2 aliphatic rings. The predicted octanol–water partition coefficient (Wildman–Crippen LogP) is 4.91. The van der Waals surface area contributed by atoms with E-state index in [4.69, 9.17) is 13.6 Å². The first-order valence-corrected chi connectivity index (χ1v) is 14.0. The fraction of sp³-hybridized carbons (Fsp3) is 0.500. The van der Waals surface area contributed by atoms with Gasteiger partial charge in [0.15, 0.2) is 11.8 Å². The molecule has 2 amide bonds. The molecule has 1 atom stereocenters. The molecule has 4 heterocycles. The Morgan fingerprint density at radius 1 is 1.08 bits per heavy atom. The summed E-state index contributed by atoms with van der Waals surface area (Å²) < 4.78 is 17.4. The van der Waals surface area contributed by atoms with Crippen molar-refractivity contribution in [3.8, 4) is 0 Å². The number of aryl methyl sites for hydroxylation is 1. The van der Waals surface area contributed by atoms with E-state index in [-0.39, 0.29) is 30.2 Å². The molecular formula is C28H35N3O5S. The molecule has 198 valence electrons. The van der Waals surface area contributed by atoms with Crippen LogP contribution in [0.4, 0.5) is 0 Å². The van der Waals surface area contributed by atoms with E-state index in [0.29, 0.717) is 31.3 Å². The quantitative estimate of drug-likeness (QED) is 0.427. The highest BCUT2D eigenvalue weighted by atomic mass is 32.1. The van der Waals surface area contributed by atoms with Gasteiger partial charge in [0.05, 0.1) is 26.3 Å². The number of carbonyl (C=O) groups excluding carboxylic acids is 2. The van der Waals surface area contributed by atoms with Crippen LogP contribution in [0.1, 0.15) is 70.9 Å². The summed E-state index contributed by atoms with van der Waals surface area (Å²) in [4.78, 5) is 32.6. The summed E-state index contributed by atoms with van der Waals surface area (Å²) in [6, 6.07) is 10.3. The van der Waals surface area contributed by atoms with Crippen molar-refractivity contribution < 1.29 is 23.2 Å². The van der Waals surface area contributed by atoms with Crippen molar-refractivity contribution in [1.82, 2.24) is 15.1 Å². The normalized spacial score (nSPS) is 18.0. The van der Waals surface area contributed by atoms with Gasteiger partial charge < -0.3 is 23.8 Å². The second kappa shape index (κ2) is 12.1. The van der Waals surface area contributed by atoms with E-state index < -0.39 is 6.04 Å². The van der Waals surface area contributed by atoms with Gasteiger partial charge in [-0.2, -0.15) is 0 Å². The van der Waals surface area contributed by atoms with Gasteiger partial charge in [0.25, 0.3) is 11.8 Å². The van der Waals surface area contributed by atoms with Crippen LogP contribution >= 0.6 is 11.3 Å². The minimum absolute atomic E-state index is 0.113. The van der Waals surface area contributed by atoms with Crippen molar-refractivity contribution in [3.05, 3.63) is 69.7 Å². The second-order valence-corrected chi connectivity index (χ2v) is 10.9. The van der Waals surface area contributed by atoms with Crippen LogP contribution in [0.5, 0.6) is 0 Å². The molecule has 1 saturated carbocycles. The average Bonchev–Trinajstić information content (AvgIpc) is 3.68. The van der Waals surface area contributed by atoms with E-state index in [1.54, 1.807) is 28.4 Å². The summed E-state index contributed by atoms with van der Waals surface area (Å²) >= 11 is 1.55. The number of rotatable bonds is 9. The second-order valence-electron chi connectivity index (χ2n) is 9.86. The number of hydrogen-bond donors (Lipinski definition) is 1. The zero-order chi connectivity index (χ0) is 25.6. The standard InChI is InChI=1S/C28H35N3O5S/c1-20-9-11-24(35-20)26(27(32)29-21-6-3-2-4-7-21)31(19-23-8-5-17-37-23)28(33)25-12-10-22(36-25)18-30-13-15-34-16-14-30/h5,8-12,17,21,26H,2-4,6-7,13-16,18-19H2,1H3,(H,29,32)/t26-/m0/s1. The predicted molar refractivity (Wildman–Crippen MR) is 140 cm³/mol. The SMILES string of the molecule is Cc1ccc([C@@H](C(=O)NC2CCCCC2)N(Cc2cccs2)C(=O)c2ccc(CN3CCOCC3)o2)o1. The highest BCUT2D eigenvalue weighted by Gasteiger charge is 2.37. The number of hydrogen-bond acceptors (Lipinski definition) is 7. The van der Waals surface area contributed by atoms with Crippen molar-refractivity contribution in [3.63, 3.8) is 0 Å². The Hall–Kier alpha value is -2.88. The Balaban J connectivity index is 1.42. The molecule has 9 heteroatoms. The van der Waals surface area contributed by atoms with Gasteiger partial charge in [-0.05, 0) is 55.5 Å². The Morgan fingerprint density at radius 3 is 2.59 bits per heavy atom. The minimum Gasteiger partial charge on any atom is -0.464 e. The molecule has 8 nitrogen and oxygen atoms in total. The third-order valence-corrected chi connectivity index (χ3v) is 7.93. The molecule has 0 radical (unpaired) electrons. The highest BCUT2D eigenvalue weighted by molar-refractivity contribution is 7.09. The first-order chi connectivity index (χ1) is 18.1. The van der Waals surface area contributed by atoms with Gasteiger partial charge in [0.1, 0.15) is 17.3 Å². The van der Waals surface area contributed by atoms with E-state index in [0.717, 1.165) is 49.4 Å². The molecule has 0 spiro atoms. The minimum atomic E-state index is -0.905. The summed E-state index contributed by atoms with van der Waals surface area (Å²) in [6.45, 7) is 5.78. The number of nitrogens with one attached hydrogen (secondary N) is 1. The van der Waals surface area contributed by atoms with Gasteiger partial charge in [0.2, 0.25) is 0 Å². The first-order valence-electron chi connectivity index (χ1n) is 13.2. The lowest BCUT2D eigenvalue weighted by Gasteiger charge is -2.31. The summed E-state index contributed by atoms with van der Waals surface area (Å²) in [5.74, 6) is 1.54. The molecule has 1 aliphatic heterocycles. The molecule has 2 fully saturated rings. The van der Waals surface area contributed by atoms with Crippen LogP contribution in [0.2, 0.25) is 0 Å². The number of furan rings is 2. The third kappa shape index (κ3) is 6.52. The number of ether oxygens (including phenoxy) is 1. The van der Waals surface area contributed by atoms with Crippen LogP contribution in [0, 0.1) is 6.92 Å². The molecule has 1 N–H and O–H groups in total. The Kier molecular flexibility index (Phi) is 8.43. The Morgan fingerprint density at radius 2 is 1.89 bits per heavy atom. The largest absolute Gasteiger partial charge is 0.464 e. The summed E-state index contributed by atoms with van der Waals surface area (Å²) in [5.41, 5.74) is 0. The van der Waals surface area contributed by atoms with E-state index in [1.807, 2.05) is 36.6 Å². The first kappa shape index (κ1) is 25.8. The van der Waals surface area contributed by atoms with Crippen molar-refractivity contribution in [2.24, 2.45) is 0 Å². The van der Waals surface area contributed by atoms with Crippen molar-refractivity contribution in [1.29, 1.82) is 0 Å². The van der Waals surface area contributed by atoms with Crippen molar-refractivity contribution in [2.45, 2.75) is 64.2 Å². The molecule has 1 saturated heterocycles. The fourth-order valence-corrected chi connectivity index (χ4v) is 5.80. The van der Waals surface area contributed by atoms with Crippen molar-refractivity contribution >= 4 is 23.2 Å². The van der Waals surface area contributed by atoms with Crippen LogP contribution in [0.15, 0.2) is 50.6 Å². The molecule has 0 unspecified atom stereocenters. The maximum Gasteiger partial charge on any atom is 0.290 e. The van der Waals surface area contributed by atoms with Crippen LogP contribution in [0.3, 0.4) is 0 Å². The maximum absolute atomic E-state index is 14.0. The lowest BCUT2D eigenvalue weighted by molar-refractivity contribution is -0.127. The van der Waals surface area contributed by atoms with Crippen LogP contribution < -0.4 is 5.32 Å². The van der Waals surface area contributed by atoms with Crippen molar-refractivity contribution in [2.75, 3.05) is 26.3 Å². The van der Waals surface area contributed by atoms with E-state index in [1.165, 1.54) is 6.42 Å². The molecule has 5 rings (SSSR count). The summed E-state index contributed by atoms with van der Waals surface area (Å²) in [7, 11) is 0. The number of carbonyl (C=O) groups is 2. The number of amides is 2. The number of thiophene rings is 1. The molecule has 3 aromatic rings. The molecule has 3 aromatic heterocycles. The van der Waals surface area contributed by atoms with Gasteiger partial charge in [-0.15, -0.1) is 11.3 Å². The molecule has 37 heavy (non-hydrogen) atoms. The zero-order valence-electron chi connectivity index (χ0n) is 21.3. The summed E-state index contributed by atoms with van der Waals surface area (Å²) in [5, 5.41) is 5.19. The van der Waals surface area contributed by atoms with Gasteiger partial charge in [-0.25, -0.2) is 0 Å². The third-order valence-electron chi connectivity index (χ3n) is 7.06. The molecule has 1 aliphatic carbocycles. The smallest absolute Gasteiger partial charge is 0.290 e. The molecule has 0 bridgehead atoms. The lowest BCUT2D eigenvalue weighted by atomic mass is 9.95. The van der Waals surface area contributed by atoms with Crippen LogP contribution in [-0.4, -0.2) is 54.0 Å². The van der Waals surface area contributed by atoms with E-state index >= 15 is 0 Å². The Bertz CT molecular complexity index is 1160. The summed E-state index contributed by atoms with van der Waals surface area (Å²) in [6.07, 6.45) is 5.31. The van der Waals surface area contributed by atoms with Gasteiger partial charge >= 0.3 is 0 Å². The van der Waals surface area contributed by atoms with Crippen LogP contribution in [-0.2, 0) is 22.6 Å². The van der Waals surface area contributed by atoms with Crippen LogP contribution in [0.25, 0.3) is 0 Å². The number of morpholine rings is 1. The van der Waals surface area contributed by atoms with Gasteiger partial charge in [-0.3, -0.25) is 14.5 Å². The fourth-order valence-electron chi connectivity index (χ4n) is 5.10. The Labute approximate surface area is 221 Å².